The van der Waals surface area contributed by atoms with E-state index in [0.717, 1.165) is 20.2 Å². The molecule has 170 valence electrons. The normalized spacial score (nSPS) is 11.2. The highest BCUT2D eigenvalue weighted by atomic mass is 79.9. The number of hydrogen-bond donors (Lipinski definition) is 1. The molecule has 0 bridgehead atoms. The predicted octanol–water partition coefficient (Wildman–Crippen LogP) is 9.42. The van der Waals surface area contributed by atoms with Crippen molar-refractivity contribution in [1.82, 2.24) is 0 Å². The van der Waals surface area contributed by atoms with Gasteiger partial charge in [-0.2, -0.15) is 0 Å². The van der Waals surface area contributed by atoms with Gasteiger partial charge >= 0.3 is 5.97 Å². The maximum absolute atomic E-state index is 12.9. The number of thiophene rings is 2. The zero-order chi connectivity index (χ0) is 24.0. The molecule has 10 heteroatoms. The van der Waals surface area contributed by atoms with Crippen LogP contribution in [0.3, 0.4) is 0 Å². The molecule has 1 N–H and O–H groups in total. The van der Waals surface area contributed by atoms with Crippen molar-refractivity contribution in [2.24, 2.45) is 0 Å². The van der Waals surface area contributed by atoms with E-state index in [2.05, 4.69) is 37.2 Å². The molecule has 0 aliphatic heterocycles. The standard InChI is InChI=1S/C24H11Br2Cl2NO3S2/c25-14-9-11(29-23(30)21-18(27)12-5-1-3-7-16(12)33-21)10-15(26)20(14)32-24(31)22-19(28)13-6-2-4-8-17(13)34-22/h1-10H,(H,29,30). The second-order valence-electron chi connectivity index (χ2n) is 7.10. The number of fused-ring (bicyclic) bond motifs is 2. The molecule has 4 nitrogen and oxygen atoms in total. The largest absolute Gasteiger partial charge is 0.420 e. The van der Waals surface area contributed by atoms with E-state index in [1.807, 2.05) is 48.5 Å². The highest BCUT2D eigenvalue weighted by Gasteiger charge is 2.22. The zero-order valence-corrected chi connectivity index (χ0v) is 23.1. The van der Waals surface area contributed by atoms with Crippen molar-refractivity contribution in [3.63, 3.8) is 0 Å². The van der Waals surface area contributed by atoms with Crippen molar-refractivity contribution in [3.05, 3.63) is 89.4 Å². The van der Waals surface area contributed by atoms with Crippen LogP contribution >= 0.6 is 77.7 Å². The first-order valence-electron chi connectivity index (χ1n) is 9.70. The van der Waals surface area contributed by atoms with E-state index in [1.165, 1.54) is 22.7 Å². The second kappa shape index (κ2) is 9.60. The van der Waals surface area contributed by atoms with E-state index in [9.17, 15) is 9.59 Å². The number of hydrogen-bond acceptors (Lipinski definition) is 5. The fourth-order valence-corrected chi connectivity index (χ4v) is 7.51. The smallest absolute Gasteiger partial charge is 0.355 e. The van der Waals surface area contributed by atoms with Crippen molar-refractivity contribution in [2.45, 2.75) is 0 Å². The Bertz CT molecular complexity index is 1590. The maximum atomic E-state index is 12.9. The third kappa shape index (κ3) is 4.39. The molecule has 0 saturated heterocycles. The topological polar surface area (TPSA) is 55.4 Å². The first-order valence-corrected chi connectivity index (χ1v) is 13.7. The molecule has 0 aliphatic carbocycles. The SMILES string of the molecule is O=C(Nc1cc(Br)c(OC(=O)c2sc3ccccc3c2Cl)c(Br)c1)c1sc2ccccc2c1Cl. The summed E-state index contributed by atoms with van der Waals surface area (Å²) in [5.41, 5.74) is 0.497. The van der Waals surface area contributed by atoms with Gasteiger partial charge in [-0.1, -0.05) is 59.6 Å². The average molecular weight is 656 g/mol. The molecule has 0 unspecified atom stereocenters. The van der Waals surface area contributed by atoms with Crippen LogP contribution < -0.4 is 10.1 Å². The summed E-state index contributed by atoms with van der Waals surface area (Å²) >= 11 is 22.3. The van der Waals surface area contributed by atoms with E-state index in [0.29, 0.717) is 34.4 Å². The lowest BCUT2D eigenvalue weighted by atomic mass is 10.2. The van der Waals surface area contributed by atoms with Crippen molar-refractivity contribution in [3.8, 4) is 5.75 Å². The van der Waals surface area contributed by atoms with Crippen LogP contribution in [0.1, 0.15) is 19.3 Å². The molecule has 34 heavy (non-hydrogen) atoms. The van der Waals surface area contributed by atoms with Gasteiger partial charge in [0.25, 0.3) is 5.91 Å². The molecule has 0 aliphatic rings. The lowest BCUT2D eigenvalue weighted by Gasteiger charge is -2.11. The van der Waals surface area contributed by atoms with Gasteiger partial charge in [0.15, 0.2) is 5.75 Å². The summed E-state index contributed by atoms with van der Waals surface area (Å²) in [6, 6.07) is 18.4. The van der Waals surface area contributed by atoms with Crippen LogP contribution in [0.5, 0.6) is 5.75 Å². The van der Waals surface area contributed by atoms with Gasteiger partial charge in [0.2, 0.25) is 0 Å². The number of rotatable bonds is 4. The van der Waals surface area contributed by atoms with E-state index in [1.54, 1.807) is 12.1 Å². The predicted molar refractivity (Wildman–Crippen MR) is 148 cm³/mol. The van der Waals surface area contributed by atoms with Gasteiger partial charge in [0.05, 0.1) is 19.0 Å². The Balaban J connectivity index is 1.39. The quantitative estimate of drug-likeness (QED) is 0.155. The van der Waals surface area contributed by atoms with Gasteiger partial charge in [0.1, 0.15) is 9.75 Å². The van der Waals surface area contributed by atoms with Crippen LogP contribution in [0.25, 0.3) is 20.2 Å². The molecular formula is C24H11Br2Cl2NO3S2. The molecule has 2 heterocycles. The Labute approximate surface area is 228 Å². The van der Waals surface area contributed by atoms with Gasteiger partial charge in [-0.25, -0.2) is 4.79 Å². The van der Waals surface area contributed by atoms with Crippen LogP contribution in [0.4, 0.5) is 5.69 Å². The Kier molecular flexibility index (Phi) is 6.72. The van der Waals surface area contributed by atoms with Crippen LogP contribution in [-0.2, 0) is 0 Å². The molecule has 0 fully saturated rings. The maximum Gasteiger partial charge on any atom is 0.355 e. The Hall–Kier alpha value is -1.94. The highest BCUT2D eigenvalue weighted by molar-refractivity contribution is 9.11. The summed E-state index contributed by atoms with van der Waals surface area (Å²) < 4.78 is 8.42. The summed E-state index contributed by atoms with van der Waals surface area (Å²) in [4.78, 5) is 26.5. The Morgan fingerprint density at radius 3 is 1.85 bits per heavy atom. The summed E-state index contributed by atoms with van der Waals surface area (Å²) in [7, 11) is 0. The van der Waals surface area contributed by atoms with E-state index in [-0.39, 0.29) is 11.7 Å². The van der Waals surface area contributed by atoms with Crippen molar-refractivity contribution >= 4 is 115 Å². The molecule has 5 aromatic rings. The molecule has 0 spiro atoms. The molecule has 0 saturated carbocycles. The number of anilines is 1. The minimum atomic E-state index is -0.568. The van der Waals surface area contributed by atoms with Crippen LogP contribution in [0.2, 0.25) is 10.0 Å². The second-order valence-corrected chi connectivity index (χ2v) is 11.7. The minimum Gasteiger partial charge on any atom is -0.420 e. The molecule has 5 rings (SSSR count). The van der Waals surface area contributed by atoms with Crippen LogP contribution in [-0.4, -0.2) is 11.9 Å². The third-order valence-electron chi connectivity index (χ3n) is 4.91. The number of halogens is 4. The summed E-state index contributed by atoms with van der Waals surface area (Å²) in [6.07, 6.45) is 0. The number of nitrogens with one attached hydrogen (secondary N) is 1. The summed E-state index contributed by atoms with van der Waals surface area (Å²) in [5, 5.41) is 5.27. The molecule has 0 radical (unpaired) electrons. The van der Waals surface area contributed by atoms with Crippen LogP contribution in [0, 0.1) is 0 Å². The molecule has 3 aromatic carbocycles. The number of carbonyl (C=O) groups is 2. The first-order chi connectivity index (χ1) is 16.3. The fourth-order valence-electron chi connectivity index (χ4n) is 3.36. The van der Waals surface area contributed by atoms with Gasteiger partial charge in [0, 0.05) is 25.9 Å². The average Bonchev–Trinajstić information content (AvgIpc) is 3.34. The first kappa shape index (κ1) is 23.8. The summed E-state index contributed by atoms with van der Waals surface area (Å²) in [6.45, 7) is 0. The number of carbonyl (C=O) groups excluding carboxylic acids is 2. The minimum absolute atomic E-state index is 0.274. The van der Waals surface area contributed by atoms with Gasteiger partial charge < -0.3 is 10.1 Å². The molecule has 2 aromatic heterocycles. The number of ether oxygens (including phenoxy) is 1. The lowest BCUT2D eigenvalue weighted by molar-refractivity contribution is 0.0737. The van der Waals surface area contributed by atoms with Gasteiger partial charge in [-0.15, -0.1) is 22.7 Å². The van der Waals surface area contributed by atoms with E-state index in [4.69, 9.17) is 27.9 Å². The highest BCUT2D eigenvalue weighted by Crippen LogP contribution is 2.41. The Morgan fingerprint density at radius 2 is 1.29 bits per heavy atom. The monoisotopic (exact) mass is 653 g/mol. The van der Waals surface area contributed by atoms with Crippen LogP contribution in [0.15, 0.2) is 69.6 Å². The van der Waals surface area contributed by atoms with Gasteiger partial charge in [-0.05, 0) is 56.1 Å². The van der Waals surface area contributed by atoms with E-state index < -0.39 is 5.97 Å². The molecule has 1 amide bonds. The fraction of sp³-hybridized carbons (Fsp3) is 0. The van der Waals surface area contributed by atoms with Crippen molar-refractivity contribution in [1.29, 1.82) is 0 Å². The zero-order valence-electron chi connectivity index (χ0n) is 16.8. The third-order valence-corrected chi connectivity index (χ3v) is 9.42. The lowest BCUT2D eigenvalue weighted by Crippen LogP contribution is -2.12. The summed E-state index contributed by atoms with van der Waals surface area (Å²) in [5.74, 6) is -0.621. The number of benzene rings is 3. The number of amides is 1. The number of esters is 1. The van der Waals surface area contributed by atoms with E-state index >= 15 is 0 Å². The van der Waals surface area contributed by atoms with Gasteiger partial charge in [-0.3, -0.25) is 4.79 Å². The molecule has 0 atom stereocenters. The Morgan fingerprint density at radius 1 is 0.794 bits per heavy atom. The molecular weight excluding hydrogens is 645 g/mol. The van der Waals surface area contributed by atoms with Crippen molar-refractivity contribution < 1.29 is 14.3 Å². The van der Waals surface area contributed by atoms with Crippen molar-refractivity contribution in [2.75, 3.05) is 5.32 Å².